The van der Waals surface area contributed by atoms with Crippen LogP contribution in [0.4, 0.5) is 4.39 Å². The molecule has 4 heteroatoms. The van der Waals surface area contributed by atoms with E-state index in [2.05, 4.69) is 0 Å². The van der Waals surface area contributed by atoms with E-state index in [9.17, 15) is 9.18 Å². The molecule has 1 aromatic carbocycles. The first-order valence-corrected chi connectivity index (χ1v) is 6.85. The van der Waals surface area contributed by atoms with Crippen molar-refractivity contribution in [2.45, 2.75) is 25.7 Å². The van der Waals surface area contributed by atoms with Gasteiger partial charge in [-0.15, -0.1) is 0 Å². The normalized spacial score (nSPS) is 25.2. The lowest BCUT2D eigenvalue weighted by Gasteiger charge is -2.26. The Morgan fingerprint density at radius 1 is 1.37 bits per heavy atom. The Kier molecular flexibility index (Phi) is 3.90. The van der Waals surface area contributed by atoms with Crippen LogP contribution in [0.1, 0.15) is 25.8 Å². The Bertz CT molecular complexity index is 456. The molecule has 0 aliphatic heterocycles. The summed E-state index contributed by atoms with van der Waals surface area (Å²) < 4.78 is 13.0. The maximum atomic E-state index is 13.0. The van der Waals surface area contributed by atoms with Crippen LogP contribution >= 0.6 is 0 Å². The number of halogens is 1. The standard InChI is InChI=1S/C15H21FN2O/c1-3-18(4-2)14(19)15(9-12(15)10-17)11-5-7-13(16)8-6-11/h5-8,12H,3-4,9-10,17H2,1-2H3/t12?,15-/m0/s1. The van der Waals surface area contributed by atoms with E-state index in [1.54, 1.807) is 12.1 Å². The molecule has 0 spiro atoms. The van der Waals surface area contributed by atoms with Crippen molar-refractivity contribution in [3.05, 3.63) is 35.6 Å². The number of amides is 1. The number of hydrogen-bond acceptors (Lipinski definition) is 2. The Balaban J connectivity index is 2.34. The van der Waals surface area contributed by atoms with E-state index >= 15 is 0 Å². The summed E-state index contributed by atoms with van der Waals surface area (Å²) in [6.07, 6.45) is 0.768. The van der Waals surface area contributed by atoms with Crippen LogP contribution in [0.25, 0.3) is 0 Å². The SMILES string of the molecule is CCN(CC)C(=O)[C@]1(c2ccc(F)cc2)CC1CN. The first-order chi connectivity index (χ1) is 9.09. The minimum absolute atomic E-state index is 0.125. The van der Waals surface area contributed by atoms with Gasteiger partial charge >= 0.3 is 0 Å². The molecule has 1 unspecified atom stereocenters. The van der Waals surface area contributed by atoms with Gasteiger partial charge in [0.05, 0.1) is 5.41 Å². The summed E-state index contributed by atoms with van der Waals surface area (Å²) in [5.41, 5.74) is 6.12. The van der Waals surface area contributed by atoms with Crippen LogP contribution in [0.15, 0.2) is 24.3 Å². The second-order valence-corrected chi connectivity index (χ2v) is 5.09. The summed E-state index contributed by atoms with van der Waals surface area (Å²) in [6.45, 7) is 5.81. The number of nitrogens with two attached hydrogens (primary N) is 1. The summed E-state index contributed by atoms with van der Waals surface area (Å²) in [4.78, 5) is 14.6. The largest absolute Gasteiger partial charge is 0.342 e. The van der Waals surface area contributed by atoms with Gasteiger partial charge in [0, 0.05) is 13.1 Å². The van der Waals surface area contributed by atoms with E-state index in [-0.39, 0.29) is 17.6 Å². The van der Waals surface area contributed by atoms with Crippen molar-refractivity contribution >= 4 is 5.91 Å². The van der Waals surface area contributed by atoms with Crippen molar-refractivity contribution < 1.29 is 9.18 Å². The van der Waals surface area contributed by atoms with Crippen LogP contribution in [-0.2, 0) is 10.2 Å². The number of nitrogens with zero attached hydrogens (tertiary/aromatic N) is 1. The van der Waals surface area contributed by atoms with Crippen molar-refractivity contribution in [3.8, 4) is 0 Å². The van der Waals surface area contributed by atoms with Gasteiger partial charge in [0.15, 0.2) is 0 Å². The zero-order valence-corrected chi connectivity index (χ0v) is 11.5. The van der Waals surface area contributed by atoms with Gasteiger partial charge in [-0.05, 0) is 50.4 Å². The number of rotatable bonds is 5. The Hall–Kier alpha value is -1.42. The molecule has 0 radical (unpaired) electrons. The third-order valence-electron chi connectivity index (χ3n) is 4.18. The number of likely N-dealkylation sites (N-methyl/N-ethyl adjacent to an activating group) is 1. The molecule has 1 saturated carbocycles. The lowest BCUT2D eigenvalue weighted by Crippen LogP contribution is -2.40. The molecule has 2 N–H and O–H groups in total. The molecule has 104 valence electrons. The average molecular weight is 264 g/mol. The van der Waals surface area contributed by atoms with Crippen molar-refractivity contribution in [2.24, 2.45) is 11.7 Å². The van der Waals surface area contributed by atoms with Crippen LogP contribution < -0.4 is 5.73 Å². The lowest BCUT2D eigenvalue weighted by atomic mass is 9.91. The van der Waals surface area contributed by atoms with Crippen LogP contribution in [0.2, 0.25) is 0 Å². The highest BCUT2D eigenvalue weighted by Gasteiger charge is 2.61. The van der Waals surface area contributed by atoms with Gasteiger partial charge in [0.2, 0.25) is 5.91 Å². The van der Waals surface area contributed by atoms with Crippen LogP contribution in [0.5, 0.6) is 0 Å². The van der Waals surface area contributed by atoms with E-state index in [0.29, 0.717) is 19.6 Å². The van der Waals surface area contributed by atoms with Crippen molar-refractivity contribution in [2.75, 3.05) is 19.6 Å². The first-order valence-electron chi connectivity index (χ1n) is 6.85. The number of hydrogen-bond donors (Lipinski definition) is 1. The van der Waals surface area contributed by atoms with Gasteiger partial charge in [0.25, 0.3) is 0 Å². The van der Waals surface area contributed by atoms with Crippen LogP contribution in [0, 0.1) is 11.7 Å². The fraction of sp³-hybridized carbons (Fsp3) is 0.533. The molecule has 0 saturated heterocycles. The molecule has 2 atom stereocenters. The second kappa shape index (κ2) is 5.29. The quantitative estimate of drug-likeness (QED) is 0.883. The molecule has 0 bridgehead atoms. The van der Waals surface area contributed by atoms with Crippen molar-refractivity contribution in [3.63, 3.8) is 0 Å². The summed E-state index contributed by atoms with van der Waals surface area (Å²) >= 11 is 0. The number of benzene rings is 1. The molecule has 3 nitrogen and oxygen atoms in total. The van der Waals surface area contributed by atoms with E-state index in [1.807, 2.05) is 18.7 Å². The summed E-state index contributed by atoms with van der Waals surface area (Å²) in [5.74, 6) is 0.0183. The van der Waals surface area contributed by atoms with Gasteiger partial charge < -0.3 is 10.6 Å². The van der Waals surface area contributed by atoms with Gasteiger partial charge in [-0.1, -0.05) is 12.1 Å². The zero-order valence-electron chi connectivity index (χ0n) is 11.5. The lowest BCUT2D eigenvalue weighted by molar-refractivity contribution is -0.134. The molecule has 1 fully saturated rings. The molecule has 1 aromatic rings. The predicted molar refractivity (Wildman–Crippen MR) is 73.2 cm³/mol. The molecule has 1 amide bonds. The highest BCUT2D eigenvalue weighted by Crippen LogP contribution is 2.54. The van der Waals surface area contributed by atoms with Gasteiger partial charge in [0.1, 0.15) is 5.82 Å². The third-order valence-corrected chi connectivity index (χ3v) is 4.18. The van der Waals surface area contributed by atoms with Crippen LogP contribution in [0.3, 0.4) is 0 Å². The Morgan fingerprint density at radius 3 is 2.37 bits per heavy atom. The summed E-state index contributed by atoms with van der Waals surface area (Å²) in [5, 5.41) is 0. The smallest absolute Gasteiger partial charge is 0.233 e. The Labute approximate surface area is 113 Å². The predicted octanol–water partition coefficient (Wildman–Crippen LogP) is 1.91. The molecular formula is C15H21FN2O. The fourth-order valence-electron chi connectivity index (χ4n) is 2.89. The fourth-order valence-corrected chi connectivity index (χ4v) is 2.89. The second-order valence-electron chi connectivity index (χ2n) is 5.09. The molecule has 19 heavy (non-hydrogen) atoms. The molecule has 1 aliphatic rings. The van der Waals surface area contributed by atoms with Crippen molar-refractivity contribution in [1.29, 1.82) is 0 Å². The highest BCUT2D eigenvalue weighted by atomic mass is 19.1. The minimum atomic E-state index is -0.519. The minimum Gasteiger partial charge on any atom is -0.342 e. The van der Waals surface area contributed by atoms with Crippen LogP contribution in [-0.4, -0.2) is 30.4 Å². The van der Waals surface area contributed by atoms with Gasteiger partial charge in [-0.2, -0.15) is 0 Å². The van der Waals surface area contributed by atoms with Crippen molar-refractivity contribution in [1.82, 2.24) is 4.90 Å². The Morgan fingerprint density at radius 2 is 1.95 bits per heavy atom. The topological polar surface area (TPSA) is 46.3 Å². The maximum Gasteiger partial charge on any atom is 0.233 e. The van der Waals surface area contributed by atoms with Gasteiger partial charge in [-0.25, -0.2) is 4.39 Å². The number of carbonyl (C=O) groups is 1. The first kappa shape index (κ1) is 14.0. The maximum absolute atomic E-state index is 13.0. The van der Waals surface area contributed by atoms with E-state index in [4.69, 9.17) is 5.73 Å². The summed E-state index contributed by atoms with van der Waals surface area (Å²) in [6, 6.07) is 6.26. The average Bonchev–Trinajstić information content (AvgIpc) is 3.16. The molecule has 1 aliphatic carbocycles. The monoisotopic (exact) mass is 264 g/mol. The summed E-state index contributed by atoms with van der Waals surface area (Å²) in [7, 11) is 0. The van der Waals surface area contributed by atoms with E-state index < -0.39 is 5.41 Å². The number of carbonyl (C=O) groups excluding carboxylic acids is 1. The molecule has 0 heterocycles. The molecule has 0 aromatic heterocycles. The molecule has 2 rings (SSSR count). The molecular weight excluding hydrogens is 243 g/mol. The highest BCUT2D eigenvalue weighted by molar-refractivity contribution is 5.92. The third kappa shape index (κ3) is 2.25. The zero-order chi connectivity index (χ0) is 14.0. The van der Waals surface area contributed by atoms with E-state index in [1.165, 1.54) is 12.1 Å². The van der Waals surface area contributed by atoms with Gasteiger partial charge in [-0.3, -0.25) is 4.79 Å². The van der Waals surface area contributed by atoms with E-state index in [0.717, 1.165) is 12.0 Å².